The summed E-state index contributed by atoms with van der Waals surface area (Å²) in [6.07, 6.45) is 3.93. The first kappa shape index (κ1) is 15.9. The van der Waals surface area contributed by atoms with Crippen molar-refractivity contribution in [3.63, 3.8) is 0 Å². The predicted molar refractivity (Wildman–Crippen MR) is 94.6 cm³/mol. The van der Waals surface area contributed by atoms with Gasteiger partial charge in [-0.2, -0.15) is 5.10 Å². The topological polar surface area (TPSA) is 48.3 Å². The molecule has 5 nitrogen and oxygen atoms in total. The number of nitrogens with one attached hydrogen (secondary N) is 1. The highest BCUT2D eigenvalue weighted by Crippen LogP contribution is 2.29. The fourth-order valence-electron chi connectivity index (χ4n) is 2.50. The Balaban J connectivity index is 1.63. The van der Waals surface area contributed by atoms with E-state index in [0.29, 0.717) is 6.54 Å². The third-order valence-corrected chi connectivity index (χ3v) is 3.77. The molecule has 1 aromatic heterocycles. The maximum atomic E-state index is 5.40. The lowest BCUT2D eigenvalue weighted by Gasteiger charge is -2.11. The molecule has 5 heteroatoms. The summed E-state index contributed by atoms with van der Waals surface area (Å²) in [5.41, 5.74) is 3.27. The number of rotatable bonds is 7. The highest BCUT2D eigenvalue weighted by Gasteiger charge is 2.06. The summed E-state index contributed by atoms with van der Waals surface area (Å²) in [5.74, 6) is 1.53. The number of aromatic nitrogens is 2. The molecule has 0 spiro atoms. The molecule has 0 saturated heterocycles. The van der Waals surface area contributed by atoms with Crippen LogP contribution in [0.15, 0.2) is 60.9 Å². The summed E-state index contributed by atoms with van der Waals surface area (Å²) < 4.78 is 12.6. The van der Waals surface area contributed by atoms with Gasteiger partial charge in [-0.1, -0.05) is 30.3 Å². The largest absolute Gasteiger partial charge is 0.497 e. The molecular formula is C19H21N3O2. The number of anilines is 1. The molecule has 0 unspecified atom stereocenters. The molecule has 0 amide bonds. The zero-order chi connectivity index (χ0) is 16.8. The molecule has 0 radical (unpaired) electrons. The molecule has 0 aliphatic carbocycles. The molecule has 0 bridgehead atoms. The summed E-state index contributed by atoms with van der Waals surface area (Å²) in [6, 6.07) is 16.0. The molecule has 1 heterocycles. The van der Waals surface area contributed by atoms with Crippen LogP contribution in [-0.4, -0.2) is 24.0 Å². The molecule has 24 heavy (non-hydrogen) atoms. The van der Waals surface area contributed by atoms with Gasteiger partial charge in [-0.3, -0.25) is 4.68 Å². The molecule has 1 N–H and O–H groups in total. The summed E-state index contributed by atoms with van der Waals surface area (Å²) in [4.78, 5) is 0. The third kappa shape index (κ3) is 3.87. The number of ether oxygens (including phenoxy) is 2. The van der Waals surface area contributed by atoms with Crippen molar-refractivity contribution in [2.45, 2.75) is 13.1 Å². The monoisotopic (exact) mass is 323 g/mol. The molecule has 0 fully saturated rings. The van der Waals surface area contributed by atoms with Gasteiger partial charge in [0.2, 0.25) is 0 Å². The SMILES string of the molecule is COc1ccc(NCc2cnn(Cc3ccccc3)c2)c(OC)c1. The van der Waals surface area contributed by atoms with Gasteiger partial charge in [0.1, 0.15) is 11.5 Å². The lowest BCUT2D eigenvalue weighted by atomic mass is 10.2. The molecule has 3 rings (SSSR count). The van der Waals surface area contributed by atoms with E-state index in [-0.39, 0.29) is 0 Å². The lowest BCUT2D eigenvalue weighted by Crippen LogP contribution is -2.02. The van der Waals surface area contributed by atoms with E-state index in [4.69, 9.17) is 9.47 Å². The van der Waals surface area contributed by atoms with E-state index in [1.54, 1.807) is 14.2 Å². The van der Waals surface area contributed by atoms with E-state index in [2.05, 4.69) is 28.7 Å². The van der Waals surface area contributed by atoms with Crippen LogP contribution < -0.4 is 14.8 Å². The van der Waals surface area contributed by atoms with Gasteiger partial charge in [0.15, 0.2) is 0 Å². The van der Waals surface area contributed by atoms with Gasteiger partial charge in [0.25, 0.3) is 0 Å². The molecule has 0 atom stereocenters. The quantitative estimate of drug-likeness (QED) is 0.722. The van der Waals surface area contributed by atoms with Gasteiger partial charge in [-0.05, 0) is 17.7 Å². The Labute approximate surface area is 141 Å². The molecule has 124 valence electrons. The Hall–Kier alpha value is -2.95. The zero-order valence-electron chi connectivity index (χ0n) is 13.9. The Morgan fingerprint density at radius 1 is 1.00 bits per heavy atom. The molecule has 0 saturated carbocycles. The third-order valence-electron chi connectivity index (χ3n) is 3.77. The lowest BCUT2D eigenvalue weighted by molar-refractivity contribution is 0.395. The second kappa shape index (κ2) is 7.55. The van der Waals surface area contributed by atoms with Crippen molar-refractivity contribution >= 4 is 5.69 Å². The van der Waals surface area contributed by atoms with Gasteiger partial charge in [0.05, 0.1) is 32.6 Å². The highest BCUT2D eigenvalue weighted by molar-refractivity contribution is 5.59. The minimum Gasteiger partial charge on any atom is -0.497 e. The molecular weight excluding hydrogens is 302 g/mol. The van der Waals surface area contributed by atoms with Crippen molar-refractivity contribution in [1.29, 1.82) is 0 Å². The molecule has 2 aromatic carbocycles. The Morgan fingerprint density at radius 2 is 1.83 bits per heavy atom. The molecule has 3 aromatic rings. The van der Waals surface area contributed by atoms with Gasteiger partial charge in [-0.15, -0.1) is 0 Å². The van der Waals surface area contributed by atoms with Crippen molar-refractivity contribution in [2.75, 3.05) is 19.5 Å². The minimum absolute atomic E-state index is 0.678. The van der Waals surface area contributed by atoms with Crippen LogP contribution in [-0.2, 0) is 13.1 Å². The number of methoxy groups -OCH3 is 2. The number of hydrogen-bond acceptors (Lipinski definition) is 4. The van der Waals surface area contributed by atoms with Crippen molar-refractivity contribution < 1.29 is 9.47 Å². The van der Waals surface area contributed by atoms with E-state index in [0.717, 1.165) is 29.3 Å². The van der Waals surface area contributed by atoms with Crippen LogP contribution in [0, 0.1) is 0 Å². The highest BCUT2D eigenvalue weighted by atomic mass is 16.5. The summed E-state index contributed by atoms with van der Waals surface area (Å²) in [6.45, 7) is 1.45. The molecule has 0 aliphatic rings. The Bertz CT molecular complexity index is 784. The first-order valence-electron chi connectivity index (χ1n) is 7.79. The van der Waals surface area contributed by atoms with Gasteiger partial charge < -0.3 is 14.8 Å². The zero-order valence-corrected chi connectivity index (χ0v) is 13.9. The molecule has 0 aliphatic heterocycles. The normalized spacial score (nSPS) is 10.4. The van der Waals surface area contributed by atoms with Crippen LogP contribution in [0.3, 0.4) is 0 Å². The van der Waals surface area contributed by atoms with Crippen molar-refractivity contribution in [3.8, 4) is 11.5 Å². The van der Waals surface area contributed by atoms with E-state index in [9.17, 15) is 0 Å². The minimum atomic E-state index is 0.678. The predicted octanol–water partition coefficient (Wildman–Crippen LogP) is 3.56. The van der Waals surface area contributed by atoms with Crippen molar-refractivity contribution in [2.24, 2.45) is 0 Å². The van der Waals surface area contributed by atoms with Gasteiger partial charge >= 0.3 is 0 Å². The van der Waals surface area contributed by atoms with Crippen LogP contribution in [0.2, 0.25) is 0 Å². The van der Waals surface area contributed by atoms with Crippen LogP contribution in [0.25, 0.3) is 0 Å². The van der Waals surface area contributed by atoms with E-state index >= 15 is 0 Å². The fraction of sp³-hybridized carbons (Fsp3) is 0.211. The van der Waals surface area contributed by atoms with E-state index in [1.165, 1.54) is 5.56 Å². The maximum Gasteiger partial charge on any atom is 0.145 e. The second-order valence-electron chi connectivity index (χ2n) is 5.45. The van der Waals surface area contributed by atoms with Gasteiger partial charge in [-0.25, -0.2) is 0 Å². The van der Waals surface area contributed by atoms with Crippen LogP contribution >= 0.6 is 0 Å². The summed E-state index contributed by atoms with van der Waals surface area (Å²) >= 11 is 0. The maximum absolute atomic E-state index is 5.40. The first-order chi connectivity index (χ1) is 11.8. The number of hydrogen-bond donors (Lipinski definition) is 1. The second-order valence-corrected chi connectivity index (χ2v) is 5.45. The number of benzene rings is 2. The Morgan fingerprint density at radius 3 is 2.58 bits per heavy atom. The smallest absolute Gasteiger partial charge is 0.145 e. The average molecular weight is 323 g/mol. The van der Waals surface area contributed by atoms with Gasteiger partial charge in [0, 0.05) is 24.4 Å². The summed E-state index contributed by atoms with van der Waals surface area (Å²) in [5, 5.41) is 7.79. The van der Waals surface area contributed by atoms with Crippen molar-refractivity contribution in [3.05, 3.63) is 72.1 Å². The Kier molecular flexibility index (Phi) is 5.01. The van der Waals surface area contributed by atoms with E-state index < -0.39 is 0 Å². The average Bonchev–Trinajstić information content (AvgIpc) is 3.08. The standard InChI is InChI=1S/C19H21N3O2/c1-23-17-8-9-18(19(10-17)24-2)20-11-16-12-21-22(14-16)13-15-6-4-3-5-7-15/h3-10,12,14,20H,11,13H2,1-2H3. The van der Waals surface area contributed by atoms with Crippen LogP contribution in [0.5, 0.6) is 11.5 Å². The fourth-order valence-corrected chi connectivity index (χ4v) is 2.50. The number of nitrogens with zero attached hydrogens (tertiary/aromatic N) is 2. The van der Waals surface area contributed by atoms with Crippen LogP contribution in [0.1, 0.15) is 11.1 Å². The van der Waals surface area contributed by atoms with E-state index in [1.807, 2.05) is 47.3 Å². The van der Waals surface area contributed by atoms with Crippen molar-refractivity contribution in [1.82, 2.24) is 9.78 Å². The summed E-state index contributed by atoms with van der Waals surface area (Å²) in [7, 11) is 3.29. The van der Waals surface area contributed by atoms with Crippen LogP contribution in [0.4, 0.5) is 5.69 Å². The first-order valence-corrected chi connectivity index (χ1v) is 7.79.